The number of anilines is 1. The summed E-state index contributed by atoms with van der Waals surface area (Å²) in [4.78, 5) is 14.9. The van der Waals surface area contributed by atoms with E-state index >= 15 is 0 Å². The molecule has 1 heterocycles. The predicted molar refractivity (Wildman–Crippen MR) is 131 cm³/mol. The molecule has 2 N–H and O–H groups in total. The zero-order chi connectivity index (χ0) is 25.5. The molecule has 1 aliphatic heterocycles. The molecule has 1 saturated heterocycles. The van der Waals surface area contributed by atoms with Gasteiger partial charge in [0.2, 0.25) is 0 Å². The SMILES string of the molecule is CC1(C)[C@H](NC(=O)c2c(F)cc(N3CCNCC3)cc2F)C(C)(C)[C@H]1Oc1ccc(C#N)c(Cl)c1. The van der Waals surface area contributed by atoms with E-state index in [0.29, 0.717) is 35.1 Å². The quantitative estimate of drug-likeness (QED) is 0.629. The van der Waals surface area contributed by atoms with Gasteiger partial charge in [-0.3, -0.25) is 4.79 Å². The first-order valence-electron chi connectivity index (χ1n) is 11.6. The molecular weight excluding hydrogens is 474 g/mol. The van der Waals surface area contributed by atoms with Gasteiger partial charge in [0.1, 0.15) is 35.1 Å². The van der Waals surface area contributed by atoms with Crippen LogP contribution in [0.4, 0.5) is 14.5 Å². The van der Waals surface area contributed by atoms with E-state index in [1.807, 2.05) is 38.7 Å². The molecule has 2 aromatic rings. The van der Waals surface area contributed by atoms with Crippen molar-refractivity contribution >= 4 is 23.2 Å². The average molecular weight is 503 g/mol. The highest BCUT2D eigenvalue weighted by Gasteiger charge is 2.64. The number of nitrogens with one attached hydrogen (secondary N) is 2. The summed E-state index contributed by atoms with van der Waals surface area (Å²) < 4.78 is 36.1. The summed E-state index contributed by atoms with van der Waals surface area (Å²) in [6.45, 7) is 10.5. The molecule has 0 bridgehead atoms. The summed E-state index contributed by atoms with van der Waals surface area (Å²) in [5, 5.41) is 15.4. The lowest BCUT2D eigenvalue weighted by Crippen LogP contribution is -2.74. The Balaban J connectivity index is 1.51. The number of hydrogen-bond acceptors (Lipinski definition) is 5. The van der Waals surface area contributed by atoms with Crippen LogP contribution in [0.5, 0.6) is 5.75 Å². The monoisotopic (exact) mass is 502 g/mol. The van der Waals surface area contributed by atoms with Crippen LogP contribution in [0.3, 0.4) is 0 Å². The van der Waals surface area contributed by atoms with Crippen LogP contribution in [-0.4, -0.2) is 44.2 Å². The zero-order valence-electron chi connectivity index (χ0n) is 20.2. The third kappa shape index (κ3) is 4.55. The molecule has 2 fully saturated rings. The summed E-state index contributed by atoms with van der Waals surface area (Å²) >= 11 is 6.14. The molecule has 186 valence electrons. The van der Waals surface area contributed by atoms with Crippen molar-refractivity contribution in [1.82, 2.24) is 10.6 Å². The highest BCUT2D eigenvalue weighted by atomic mass is 35.5. The van der Waals surface area contributed by atoms with E-state index in [1.165, 1.54) is 12.1 Å². The molecule has 0 spiro atoms. The lowest BCUT2D eigenvalue weighted by Gasteiger charge is -2.63. The van der Waals surface area contributed by atoms with E-state index < -0.39 is 40.0 Å². The Morgan fingerprint density at radius 1 is 1.14 bits per heavy atom. The van der Waals surface area contributed by atoms with E-state index in [-0.39, 0.29) is 6.10 Å². The average Bonchev–Trinajstić information content (AvgIpc) is 2.81. The van der Waals surface area contributed by atoms with Crippen LogP contribution in [-0.2, 0) is 0 Å². The molecule has 0 aromatic heterocycles. The van der Waals surface area contributed by atoms with E-state index in [0.717, 1.165) is 13.1 Å². The van der Waals surface area contributed by atoms with Gasteiger partial charge in [0.15, 0.2) is 0 Å². The molecule has 35 heavy (non-hydrogen) atoms. The van der Waals surface area contributed by atoms with Crippen LogP contribution in [0.15, 0.2) is 30.3 Å². The molecule has 0 radical (unpaired) electrons. The second-order valence-corrected chi connectivity index (χ2v) is 10.7. The van der Waals surface area contributed by atoms with Crippen LogP contribution < -0.4 is 20.3 Å². The predicted octanol–water partition coefficient (Wildman–Crippen LogP) is 4.51. The molecule has 1 aliphatic carbocycles. The van der Waals surface area contributed by atoms with Gasteiger partial charge in [-0.25, -0.2) is 8.78 Å². The van der Waals surface area contributed by atoms with Gasteiger partial charge in [-0.1, -0.05) is 39.3 Å². The Hall–Kier alpha value is -2.89. The summed E-state index contributed by atoms with van der Waals surface area (Å²) in [6.07, 6.45) is -0.325. The third-order valence-corrected chi connectivity index (χ3v) is 7.48. The molecule has 2 aromatic carbocycles. The fourth-order valence-electron chi connectivity index (χ4n) is 5.68. The summed E-state index contributed by atoms with van der Waals surface area (Å²) in [6, 6.07) is 8.90. The number of carbonyl (C=O) groups is 1. The molecule has 0 atom stereocenters. The Morgan fingerprint density at radius 3 is 2.29 bits per heavy atom. The summed E-state index contributed by atoms with van der Waals surface area (Å²) in [5.74, 6) is -2.06. The van der Waals surface area contributed by atoms with Crippen molar-refractivity contribution in [3.63, 3.8) is 0 Å². The Labute approximate surface area is 209 Å². The van der Waals surface area contributed by atoms with Crippen molar-refractivity contribution in [2.24, 2.45) is 10.8 Å². The van der Waals surface area contributed by atoms with Crippen molar-refractivity contribution in [2.45, 2.75) is 39.8 Å². The molecular formula is C26H29ClF2N4O2. The van der Waals surface area contributed by atoms with Gasteiger partial charge >= 0.3 is 0 Å². The highest BCUT2D eigenvalue weighted by Crippen LogP contribution is 2.55. The third-order valence-electron chi connectivity index (χ3n) is 7.17. The van der Waals surface area contributed by atoms with Crippen molar-refractivity contribution in [3.05, 3.63) is 58.1 Å². The number of amides is 1. The van der Waals surface area contributed by atoms with Gasteiger partial charge in [0.05, 0.1) is 10.6 Å². The molecule has 4 rings (SSSR count). The van der Waals surface area contributed by atoms with E-state index in [9.17, 15) is 13.6 Å². The smallest absolute Gasteiger partial charge is 0.257 e. The second kappa shape index (κ2) is 9.29. The largest absolute Gasteiger partial charge is 0.489 e. The Kier molecular flexibility index (Phi) is 6.69. The van der Waals surface area contributed by atoms with Gasteiger partial charge < -0.3 is 20.3 Å². The van der Waals surface area contributed by atoms with E-state index in [4.69, 9.17) is 21.6 Å². The number of piperazine rings is 1. The second-order valence-electron chi connectivity index (χ2n) is 10.3. The maximum Gasteiger partial charge on any atom is 0.257 e. The first-order chi connectivity index (χ1) is 16.5. The van der Waals surface area contributed by atoms with Gasteiger partial charge in [-0.05, 0) is 24.3 Å². The van der Waals surface area contributed by atoms with Crippen molar-refractivity contribution < 1.29 is 18.3 Å². The minimum Gasteiger partial charge on any atom is -0.489 e. The number of carbonyl (C=O) groups excluding carboxylic acids is 1. The minimum absolute atomic E-state index is 0.292. The number of benzene rings is 2. The lowest BCUT2D eigenvalue weighted by molar-refractivity contribution is -0.164. The van der Waals surface area contributed by atoms with Gasteiger partial charge in [0, 0.05) is 54.8 Å². The fraction of sp³-hybridized carbons (Fsp3) is 0.462. The Bertz CT molecular complexity index is 1150. The number of rotatable bonds is 5. The van der Waals surface area contributed by atoms with E-state index in [2.05, 4.69) is 10.6 Å². The van der Waals surface area contributed by atoms with Gasteiger partial charge in [-0.15, -0.1) is 0 Å². The number of nitriles is 1. The summed E-state index contributed by atoms with van der Waals surface area (Å²) in [7, 11) is 0. The maximum absolute atomic E-state index is 14.9. The summed E-state index contributed by atoms with van der Waals surface area (Å²) in [5.41, 5.74) is -0.903. The molecule has 9 heteroatoms. The van der Waals surface area contributed by atoms with Crippen LogP contribution in [0, 0.1) is 33.8 Å². The molecule has 1 amide bonds. The number of nitrogens with zero attached hydrogens (tertiary/aromatic N) is 2. The number of ether oxygens (including phenoxy) is 1. The van der Waals surface area contributed by atoms with Crippen molar-refractivity contribution in [3.8, 4) is 11.8 Å². The van der Waals surface area contributed by atoms with Crippen LogP contribution >= 0.6 is 11.6 Å². The van der Waals surface area contributed by atoms with E-state index in [1.54, 1.807) is 18.2 Å². The van der Waals surface area contributed by atoms with Crippen LogP contribution in [0.25, 0.3) is 0 Å². The molecule has 0 unspecified atom stereocenters. The van der Waals surface area contributed by atoms with Crippen molar-refractivity contribution in [2.75, 3.05) is 31.1 Å². The minimum atomic E-state index is -0.883. The first-order valence-corrected chi connectivity index (χ1v) is 12.0. The molecule has 1 saturated carbocycles. The highest BCUT2D eigenvalue weighted by molar-refractivity contribution is 6.31. The first kappa shape index (κ1) is 25.2. The maximum atomic E-state index is 14.9. The van der Waals surface area contributed by atoms with Gasteiger partial charge in [0.25, 0.3) is 5.91 Å². The van der Waals surface area contributed by atoms with Crippen molar-refractivity contribution in [1.29, 1.82) is 5.26 Å². The molecule has 6 nitrogen and oxygen atoms in total. The Morgan fingerprint density at radius 2 is 1.74 bits per heavy atom. The zero-order valence-corrected chi connectivity index (χ0v) is 21.0. The topological polar surface area (TPSA) is 77.4 Å². The number of hydrogen-bond donors (Lipinski definition) is 2. The van der Waals surface area contributed by atoms with Crippen LogP contribution in [0.1, 0.15) is 43.6 Å². The van der Waals surface area contributed by atoms with Crippen LogP contribution in [0.2, 0.25) is 5.02 Å². The molecule has 2 aliphatic rings. The fourth-order valence-corrected chi connectivity index (χ4v) is 5.89. The lowest BCUT2D eigenvalue weighted by atomic mass is 9.49. The number of halogens is 3. The standard InChI is InChI=1S/C26H29ClF2N4O2/c1-25(2)23(26(3,4)24(25)35-17-6-5-15(14-30)18(27)13-17)32-22(34)21-19(28)11-16(12-20(21)29)33-9-7-31-8-10-33/h5-6,11-13,23-24,31H,7-10H2,1-4H3,(H,32,34)/t23-,24-. The normalized spacial score (nSPS) is 22.6. The van der Waals surface area contributed by atoms with Gasteiger partial charge in [-0.2, -0.15) is 5.26 Å².